The van der Waals surface area contributed by atoms with Crippen LogP contribution in [0.2, 0.25) is 0 Å². The fraction of sp³-hybridized carbons (Fsp3) is 0.333. The SMILES string of the molecule is CC1CC(c2ccccc2)OC(c2ccccc2)C1. The topological polar surface area (TPSA) is 9.23 Å². The second-order valence-corrected chi connectivity index (χ2v) is 5.51. The van der Waals surface area contributed by atoms with Crippen molar-refractivity contribution in [2.45, 2.75) is 32.0 Å². The zero-order valence-electron chi connectivity index (χ0n) is 11.3. The second-order valence-electron chi connectivity index (χ2n) is 5.51. The van der Waals surface area contributed by atoms with Gasteiger partial charge in [-0.3, -0.25) is 0 Å². The molecular weight excluding hydrogens is 232 g/mol. The van der Waals surface area contributed by atoms with Gasteiger partial charge in [0.15, 0.2) is 0 Å². The molecule has 1 nitrogen and oxygen atoms in total. The molecule has 19 heavy (non-hydrogen) atoms. The van der Waals surface area contributed by atoms with Gasteiger partial charge in [0.2, 0.25) is 0 Å². The lowest BCUT2D eigenvalue weighted by Crippen LogP contribution is -2.21. The van der Waals surface area contributed by atoms with Crippen molar-refractivity contribution in [3.8, 4) is 0 Å². The van der Waals surface area contributed by atoms with E-state index in [9.17, 15) is 0 Å². The Morgan fingerprint density at radius 2 is 1.16 bits per heavy atom. The molecule has 0 bridgehead atoms. The van der Waals surface area contributed by atoms with E-state index in [1.54, 1.807) is 0 Å². The fourth-order valence-corrected chi connectivity index (χ4v) is 2.90. The Morgan fingerprint density at radius 1 is 0.737 bits per heavy atom. The summed E-state index contributed by atoms with van der Waals surface area (Å²) in [6.45, 7) is 2.33. The van der Waals surface area contributed by atoms with Crippen LogP contribution in [0.3, 0.4) is 0 Å². The van der Waals surface area contributed by atoms with Crippen LogP contribution in [-0.4, -0.2) is 0 Å². The molecule has 0 aromatic heterocycles. The van der Waals surface area contributed by atoms with Gasteiger partial charge in [-0.2, -0.15) is 0 Å². The molecule has 3 rings (SSSR count). The van der Waals surface area contributed by atoms with Gasteiger partial charge in [0.25, 0.3) is 0 Å². The Bertz CT molecular complexity index is 458. The molecule has 1 aliphatic rings. The number of hydrogen-bond acceptors (Lipinski definition) is 1. The van der Waals surface area contributed by atoms with E-state index in [-0.39, 0.29) is 12.2 Å². The highest BCUT2D eigenvalue weighted by Crippen LogP contribution is 2.41. The molecule has 0 aliphatic carbocycles. The van der Waals surface area contributed by atoms with E-state index in [0.29, 0.717) is 5.92 Å². The summed E-state index contributed by atoms with van der Waals surface area (Å²) in [5.41, 5.74) is 2.60. The minimum Gasteiger partial charge on any atom is -0.366 e. The lowest BCUT2D eigenvalue weighted by atomic mass is 9.88. The third-order valence-corrected chi connectivity index (χ3v) is 3.90. The maximum Gasteiger partial charge on any atom is 0.0835 e. The van der Waals surface area contributed by atoms with Gasteiger partial charge in [-0.15, -0.1) is 0 Å². The highest BCUT2D eigenvalue weighted by Gasteiger charge is 2.28. The fourth-order valence-electron chi connectivity index (χ4n) is 2.90. The highest BCUT2D eigenvalue weighted by atomic mass is 16.5. The first kappa shape index (κ1) is 12.4. The molecule has 1 fully saturated rings. The van der Waals surface area contributed by atoms with Crippen molar-refractivity contribution in [1.82, 2.24) is 0 Å². The normalized spacial score (nSPS) is 27.1. The van der Waals surface area contributed by atoms with Crippen LogP contribution in [0.5, 0.6) is 0 Å². The molecule has 98 valence electrons. The van der Waals surface area contributed by atoms with Crippen molar-refractivity contribution >= 4 is 0 Å². The Balaban J connectivity index is 1.82. The van der Waals surface area contributed by atoms with E-state index >= 15 is 0 Å². The number of ether oxygens (including phenoxy) is 1. The van der Waals surface area contributed by atoms with E-state index in [2.05, 4.69) is 67.6 Å². The van der Waals surface area contributed by atoms with E-state index < -0.39 is 0 Å². The Kier molecular flexibility index (Phi) is 3.65. The van der Waals surface area contributed by atoms with E-state index in [1.165, 1.54) is 11.1 Å². The predicted octanol–water partition coefficient (Wildman–Crippen LogP) is 4.92. The van der Waals surface area contributed by atoms with Gasteiger partial charge in [-0.1, -0.05) is 67.6 Å². The van der Waals surface area contributed by atoms with Crippen LogP contribution in [-0.2, 0) is 4.74 Å². The summed E-state index contributed by atoms with van der Waals surface area (Å²) in [5, 5.41) is 0. The highest BCUT2D eigenvalue weighted by molar-refractivity contribution is 5.21. The van der Waals surface area contributed by atoms with Crippen molar-refractivity contribution in [3.63, 3.8) is 0 Å². The third kappa shape index (κ3) is 2.87. The van der Waals surface area contributed by atoms with Crippen LogP contribution in [0, 0.1) is 5.92 Å². The summed E-state index contributed by atoms with van der Waals surface area (Å²) in [7, 11) is 0. The average Bonchev–Trinajstić information content (AvgIpc) is 2.48. The quantitative estimate of drug-likeness (QED) is 0.737. The summed E-state index contributed by atoms with van der Waals surface area (Å²) >= 11 is 0. The average molecular weight is 252 g/mol. The standard InChI is InChI=1S/C18H20O/c1-14-12-17(15-8-4-2-5-9-15)19-18(13-14)16-10-6-3-7-11-16/h2-11,14,17-18H,12-13H2,1H3. The second kappa shape index (κ2) is 5.58. The zero-order valence-corrected chi connectivity index (χ0v) is 11.3. The lowest BCUT2D eigenvalue weighted by molar-refractivity contribution is -0.0722. The maximum atomic E-state index is 6.33. The molecule has 2 atom stereocenters. The van der Waals surface area contributed by atoms with Crippen LogP contribution >= 0.6 is 0 Å². The Labute approximate surface area is 115 Å². The Hall–Kier alpha value is -1.60. The zero-order chi connectivity index (χ0) is 13.1. The largest absolute Gasteiger partial charge is 0.366 e. The molecule has 0 amide bonds. The maximum absolute atomic E-state index is 6.33. The van der Waals surface area contributed by atoms with Crippen LogP contribution < -0.4 is 0 Å². The summed E-state index contributed by atoms with van der Waals surface area (Å²) in [4.78, 5) is 0. The molecule has 0 radical (unpaired) electrons. The molecule has 1 heteroatoms. The predicted molar refractivity (Wildman–Crippen MR) is 77.8 cm³/mol. The number of rotatable bonds is 2. The minimum absolute atomic E-state index is 0.232. The monoisotopic (exact) mass is 252 g/mol. The molecule has 2 aromatic carbocycles. The summed E-state index contributed by atoms with van der Waals surface area (Å²) in [5.74, 6) is 0.698. The van der Waals surface area contributed by atoms with Crippen molar-refractivity contribution in [1.29, 1.82) is 0 Å². The Morgan fingerprint density at radius 3 is 1.58 bits per heavy atom. The van der Waals surface area contributed by atoms with Gasteiger partial charge in [-0.05, 0) is 29.9 Å². The van der Waals surface area contributed by atoms with E-state index in [0.717, 1.165) is 12.8 Å². The number of hydrogen-bond donors (Lipinski definition) is 0. The molecule has 0 saturated carbocycles. The van der Waals surface area contributed by atoms with Crippen LogP contribution in [0.4, 0.5) is 0 Å². The van der Waals surface area contributed by atoms with Crippen molar-refractivity contribution in [3.05, 3.63) is 71.8 Å². The molecule has 0 spiro atoms. The van der Waals surface area contributed by atoms with Gasteiger partial charge >= 0.3 is 0 Å². The molecular formula is C18H20O. The first-order valence-electron chi connectivity index (χ1n) is 7.08. The van der Waals surface area contributed by atoms with Gasteiger partial charge in [-0.25, -0.2) is 0 Å². The molecule has 1 heterocycles. The summed E-state index contributed by atoms with van der Waals surface area (Å²) in [6, 6.07) is 21.2. The first-order chi connectivity index (χ1) is 9.33. The molecule has 1 saturated heterocycles. The van der Waals surface area contributed by atoms with Crippen molar-refractivity contribution in [2.24, 2.45) is 5.92 Å². The molecule has 1 aliphatic heterocycles. The smallest absolute Gasteiger partial charge is 0.0835 e. The van der Waals surface area contributed by atoms with Gasteiger partial charge < -0.3 is 4.74 Å². The molecule has 2 unspecified atom stereocenters. The van der Waals surface area contributed by atoms with Gasteiger partial charge in [0.1, 0.15) is 0 Å². The third-order valence-electron chi connectivity index (χ3n) is 3.90. The van der Waals surface area contributed by atoms with Crippen molar-refractivity contribution in [2.75, 3.05) is 0 Å². The minimum atomic E-state index is 0.232. The van der Waals surface area contributed by atoms with E-state index in [4.69, 9.17) is 4.74 Å². The molecule has 0 N–H and O–H groups in total. The van der Waals surface area contributed by atoms with Crippen molar-refractivity contribution < 1.29 is 4.74 Å². The summed E-state index contributed by atoms with van der Waals surface area (Å²) < 4.78 is 6.33. The van der Waals surface area contributed by atoms with Gasteiger partial charge in [0, 0.05) is 0 Å². The lowest BCUT2D eigenvalue weighted by Gasteiger charge is -2.34. The van der Waals surface area contributed by atoms with E-state index in [1.807, 2.05) is 0 Å². The molecule has 2 aromatic rings. The van der Waals surface area contributed by atoms with Gasteiger partial charge in [0.05, 0.1) is 12.2 Å². The van der Waals surface area contributed by atoms with Crippen LogP contribution in [0.25, 0.3) is 0 Å². The first-order valence-corrected chi connectivity index (χ1v) is 7.08. The van der Waals surface area contributed by atoms with Crippen LogP contribution in [0.1, 0.15) is 43.1 Å². The van der Waals surface area contributed by atoms with Crippen LogP contribution in [0.15, 0.2) is 60.7 Å². The summed E-state index contributed by atoms with van der Waals surface area (Å²) in [6.07, 6.45) is 2.70. The number of benzene rings is 2.